The summed E-state index contributed by atoms with van der Waals surface area (Å²) in [5, 5.41) is 3.78. The lowest BCUT2D eigenvalue weighted by Crippen LogP contribution is -2.33. The number of furan rings is 1. The fourth-order valence-electron chi connectivity index (χ4n) is 3.41. The van der Waals surface area contributed by atoms with E-state index in [0.29, 0.717) is 5.92 Å². The Kier molecular flexibility index (Phi) is 6.82. The van der Waals surface area contributed by atoms with Crippen LogP contribution in [0.5, 0.6) is 0 Å². The molecule has 0 bridgehead atoms. The van der Waals surface area contributed by atoms with Crippen molar-refractivity contribution in [3.63, 3.8) is 0 Å². The van der Waals surface area contributed by atoms with Crippen molar-refractivity contribution < 1.29 is 4.42 Å². The van der Waals surface area contributed by atoms with E-state index in [2.05, 4.69) is 32.2 Å². The van der Waals surface area contributed by atoms with E-state index in [4.69, 9.17) is 4.42 Å². The Morgan fingerprint density at radius 1 is 1.14 bits per heavy atom. The second-order valence-corrected chi connectivity index (χ2v) is 7.38. The van der Waals surface area contributed by atoms with Crippen molar-refractivity contribution in [2.75, 3.05) is 6.54 Å². The molecular formula is C19H33NO. The van der Waals surface area contributed by atoms with E-state index in [1.807, 2.05) is 12.3 Å². The Labute approximate surface area is 130 Å². The molecule has 2 nitrogen and oxygen atoms in total. The molecule has 1 aliphatic carbocycles. The van der Waals surface area contributed by atoms with Crippen molar-refractivity contribution in [2.45, 2.75) is 77.7 Å². The lowest BCUT2D eigenvalue weighted by molar-refractivity contribution is 0.301. The molecule has 0 aliphatic heterocycles. The molecule has 1 fully saturated rings. The van der Waals surface area contributed by atoms with Gasteiger partial charge < -0.3 is 9.73 Å². The van der Waals surface area contributed by atoms with Gasteiger partial charge in [-0.1, -0.05) is 27.2 Å². The maximum absolute atomic E-state index is 5.66. The largest absolute Gasteiger partial charge is 0.469 e. The summed E-state index contributed by atoms with van der Waals surface area (Å²) in [6.07, 6.45) is 11.1. The van der Waals surface area contributed by atoms with Crippen LogP contribution in [0, 0.1) is 11.8 Å². The molecule has 0 radical (unpaired) electrons. The normalized spacial score (nSPS) is 24.4. The molecule has 120 valence electrons. The maximum Gasteiger partial charge on any atom is 0.106 e. The van der Waals surface area contributed by atoms with E-state index < -0.39 is 0 Å². The summed E-state index contributed by atoms with van der Waals surface area (Å²) in [5.74, 6) is 3.47. The quantitative estimate of drug-likeness (QED) is 0.697. The highest BCUT2D eigenvalue weighted by atomic mass is 16.3. The van der Waals surface area contributed by atoms with Crippen LogP contribution in [0.4, 0.5) is 0 Å². The van der Waals surface area contributed by atoms with E-state index in [-0.39, 0.29) is 0 Å². The van der Waals surface area contributed by atoms with Gasteiger partial charge in [0.25, 0.3) is 0 Å². The SMILES string of the molecule is CC(C)CCC(CCNC1CCC(C)CC1)c1ccco1. The Hall–Kier alpha value is -0.760. The second kappa shape index (κ2) is 8.63. The Bertz CT molecular complexity index is 363. The van der Waals surface area contributed by atoms with Gasteiger partial charge in [0, 0.05) is 12.0 Å². The highest BCUT2D eigenvalue weighted by Gasteiger charge is 2.19. The summed E-state index contributed by atoms with van der Waals surface area (Å²) in [5.41, 5.74) is 0. The molecule has 0 spiro atoms. The van der Waals surface area contributed by atoms with Gasteiger partial charge in [0.1, 0.15) is 5.76 Å². The number of rotatable bonds is 8. The Morgan fingerprint density at radius 3 is 2.52 bits per heavy atom. The minimum absolute atomic E-state index is 0.581. The third-order valence-electron chi connectivity index (χ3n) is 4.98. The highest BCUT2D eigenvalue weighted by molar-refractivity contribution is 5.05. The van der Waals surface area contributed by atoms with Crippen molar-refractivity contribution in [3.8, 4) is 0 Å². The van der Waals surface area contributed by atoms with Gasteiger partial charge in [-0.05, 0) is 69.0 Å². The first-order chi connectivity index (χ1) is 10.1. The van der Waals surface area contributed by atoms with Crippen molar-refractivity contribution in [1.29, 1.82) is 0 Å². The van der Waals surface area contributed by atoms with Crippen molar-refractivity contribution in [2.24, 2.45) is 11.8 Å². The predicted molar refractivity (Wildman–Crippen MR) is 89.6 cm³/mol. The zero-order valence-corrected chi connectivity index (χ0v) is 14.1. The van der Waals surface area contributed by atoms with Crippen LogP contribution in [-0.4, -0.2) is 12.6 Å². The molecule has 2 rings (SSSR count). The molecule has 1 saturated carbocycles. The molecule has 0 saturated heterocycles. The molecule has 0 aromatic carbocycles. The summed E-state index contributed by atoms with van der Waals surface area (Å²) in [7, 11) is 0. The molecular weight excluding hydrogens is 258 g/mol. The average Bonchev–Trinajstić information content (AvgIpc) is 2.98. The van der Waals surface area contributed by atoms with Crippen LogP contribution in [0.3, 0.4) is 0 Å². The number of hydrogen-bond donors (Lipinski definition) is 1. The second-order valence-electron chi connectivity index (χ2n) is 7.38. The van der Waals surface area contributed by atoms with E-state index >= 15 is 0 Å². The van der Waals surface area contributed by atoms with Crippen LogP contribution >= 0.6 is 0 Å². The summed E-state index contributed by atoms with van der Waals surface area (Å²) < 4.78 is 5.66. The van der Waals surface area contributed by atoms with Crippen LogP contribution in [-0.2, 0) is 0 Å². The molecule has 1 aliphatic rings. The molecule has 1 unspecified atom stereocenters. The van der Waals surface area contributed by atoms with Gasteiger partial charge in [-0.2, -0.15) is 0 Å². The first kappa shape index (κ1) is 16.6. The molecule has 1 atom stereocenters. The topological polar surface area (TPSA) is 25.2 Å². The van der Waals surface area contributed by atoms with E-state index in [9.17, 15) is 0 Å². The van der Waals surface area contributed by atoms with Gasteiger partial charge in [0.15, 0.2) is 0 Å². The molecule has 1 heterocycles. The highest BCUT2D eigenvalue weighted by Crippen LogP contribution is 2.28. The van der Waals surface area contributed by atoms with Crippen molar-refractivity contribution in [1.82, 2.24) is 5.32 Å². The zero-order valence-electron chi connectivity index (χ0n) is 14.1. The number of hydrogen-bond acceptors (Lipinski definition) is 2. The summed E-state index contributed by atoms with van der Waals surface area (Å²) in [6, 6.07) is 4.92. The first-order valence-corrected chi connectivity index (χ1v) is 8.92. The third-order valence-corrected chi connectivity index (χ3v) is 4.98. The fourth-order valence-corrected chi connectivity index (χ4v) is 3.41. The van der Waals surface area contributed by atoms with Crippen LogP contribution in [0.25, 0.3) is 0 Å². The van der Waals surface area contributed by atoms with Crippen LogP contribution < -0.4 is 5.32 Å². The predicted octanol–water partition coefficient (Wildman–Crippen LogP) is 5.36. The first-order valence-electron chi connectivity index (χ1n) is 8.92. The van der Waals surface area contributed by atoms with Gasteiger partial charge in [0.2, 0.25) is 0 Å². The van der Waals surface area contributed by atoms with Gasteiger partial charge in [-0.3, -0.25) is 0 Å². The summed E-state index contributed by atoms with van der Waals surface area (Å²) in [6.45, 7) is 8.12. The van der Waals surface area contributed by atoms with Gasteiger partial charge in [-0.15, -0.1) is 0 Å². The lowest BCUT2D eigenvalue weighted by Gasteiger charge is -2.27. The van der Waals surface area contributed by atoms with E-state index in [1.165, 1.54) is 50.7 Å². The maximum atomic E-state index is 5.66. The molecule has 21 heavy (non-hydrogen) atoms. The summed E-state index contributed by atoms with van der Waals surface area (Å²) >= 11 is 0. The van der Waals surface area contributed by atoms with Gasteiger partial charge in [0.05, 0.1) is 6.26 Å². The molecule has 1 N–H and O–H groups in total. The molecule has 1 aromatic rings. The molecule has 1 aromatic heterocycles. The fraction of sp³-hybridized carbons (Fsp3) is 0.789. The Balaban J connectivity index is 1.74. The smallest absolute Gasteiger partial charge is 0.106 e. The van der Waals surface area contributed by atoms with Crippen LogP contribution in [0.2, 0.25) is 0 Å². The monoisotopic (exact) mass is 291 g/mol. The van der Waals surface area contributed by atoms with Crippen LogP contribution in [0.15, 0.2) is 22.8 Å². The van der Waals surface area contributed by atoms with E-state index in [1.54, 1.807) is 0 Å². The average molecular weight is 291 g/mol. The van der Waals surface area contributed by atoms with Crippen molar-refractivity contribution in [3.05, 3.63) is 24.2 Å². The lowest BCUT2D eigenvalue weighted by atomic mass is 9.87. The number of nitrogens with one attached hydrogen (secondary N) is 1. The minimum atomic E-state index is 0.581. The molecule has 0 amide bonds. The third kappa shape index (κ3) is 5.86. The minimum Gasteiger partial charge on any atom is -0.469 e. The Morgan fingerprint density at radius 2 is 1.90 bits per heavy atom. The van der Waals surface area contributed by atoms with Gasteiger partial charge >= 0.3 is 0 Å². The zero-order chi connectivity index (χ0) is 15.1. The van der Waals surface area contributed by atoms with Gasteiger partial charge in [-0.25, -0.2) is 0 Å². The van der Waals surface area contributed by atoms with Crippen molar-refractivity contribution >= 4 is 0 Å². The van der Waals surface area contributed by atoms with Crippen LogP contribution in [0.1, 0.15) is 77.4 Å². The summed E-state index contributed by atoms with van der Waals surface area (Å²) in [4.78, 5) is 0. The standard InChI is InChI=1S/C19H33NO/c1-15(2)6-9-17(19-5-4-14-21-19)12-13-20-18-10-7-16(3)8-11-18/h4-5,14-18,20H,6-13H2,1-3H3. The molecule has 2 heteroatoms. The van der Waals surface area contributed by atoms with E-state index in [0.717, 1.165) is 24.4 Å².